The molecule has 1 aliphatic heterocycles. The number of hydrogen-bond donors (Lipinski definition) is 2. The lowest BCUT2D eigenvalue weighted by molar-refractivity contribution is 0.0537. The fourth-order valence-electron chi connectivity index (χ4n) is 1.91. The summed E-state index contributed by atoms with van der Waals surface area (Å²) in [4.78, 5) is 0.213. The van der Waals surface area contributed by atoms with E-state index in [1.54, 1.807) is 6.92 Å². The molecule has 1 aliphatic rings. The van der Waals surface area contributed by atoms with Crippen molar-refractivity contribution < 1.29 is 13.2 Å². The first kappa shape index (κ1) is 12.5. The molecular weight excluding hydrogens is 242 g/mol. The normalized spacial score (nSPS) is 20.4. The molecule has 0 radical (unpaired) electrons. The van der Waals surface area contributed by atoms with Gasteiger partial charge in [0.2, 0.25) is 10.0 Å². The number of aromatic amines is 1. The summed E-state index contributed by atoms with van der Waals surface area (Å²) in [6.45, 7) is 4.77. The van der Waals surface area contributed by atoms with E-state index >= 15 is 0 Å². The van der Waals surface area contributed by atoms with Crippen molar-refractivity contribution in [3.05, 3.63) is 11.9 Å². The lowest BCUT2D eigenvalue weighted by Crippen LogP contribution is -2.49. The third kappa shape index (κ3) is 2.67. The van der Waals surface area contributed by atoms with Gasteiger partial charge in [0, 0.05) is 18.8 Å². The van der Waals surface area contributed by atoms with Crippen LogP contribution in [-0.4, -0.2) is 37.4 Å². The highest BCUT2D eigenvalue weighted by Gasteiger charge is 2.33. The van der Waals surface area contributed by atoms with Crippen LogP contribution in [0.5, 0.6) is 0 Å². The molecule has 1 fully saturated rings. The number of nitrogens with zero attached hydrogens (tertiary/aromatic N) is 1. The van der Waals surface area contributed by atoms with Crippen LogP contribution in [0.2, 0.25) is 0 Å². The highest BCUT2D eigenvalue weighted by molar-refractivity contribution is 7.89. The van der Waals surface area contributed by atoms with Crippen LogP contribution in [0.15, 0.2) is 11.1 Å². The Balaban J connectivity index is 2.20. The second-order valence-electron chi connectivity index (χ2n) is 4.64. The van der Waals surface area contributed by atoms with Gasteiger partial charge in [-0.05, 0) is 26.7 Å². The number of nitrogens with one attached hydrogen (secondary N) is 2. The zero-order chi connectivity index (χ0) is 12.5. The van der Waals surface area contributed by atoms with Crippen LogP contribution in [0.25, 0.3) is 0 Å². The molecule has 0 saturated carbocycles. The van der Waals surface area contributed by atoms with Gasteiger partial charge >= 0.3 is 0 Å². The number of aryl methyl sites for hydroxylation is 1. The number of ether oxygens (including phenoxy) is 1. The van der Waals surface area contributed by atoms with Crippen molar-refractivity contribution in [2.75, 3.05) is 13.2 Å². The molecular formula is C10H17N3O3S. The van der Waals surface area contributed by atoms with E-state index < -0.39 is 15.6 Å². The molecule has 6 nitrogen and oxygen atoms in total. The van der Waals surface area contributed by atoms with Crippen LogP contribution in [0.4, 0.5) is 0 Å². The Morgan fingerprint density at radius 3 is 2.65 bits per heavy atom. The average Bonchev–Trinajstić information content (AvgIpc) is 2.64. The topological polar surface area (TPSA) is 84.1 Å². The summed E-state index contributed by atoms with van der Waals surface area (Å²) in [5, 5.41) is 6.37. The van der Waals surface area contributed by atoms with Gasteiger partial charge in [-0.1, -0.05) is 0 Å². The maximum Gasteiger partial charge on any atom is 0.244 e. The second-order valence-corrected chi connectivity index (χ2v) is 6.29. The highest BCUT2D eigenvalue weighted by atomic mass is 32.2. The first-order valence-corrected chi connectivity index (χ1v) is 7.03. The largest absolute Gasteiger partial charge is 0.381 e. The Bertz CT molecular complexity index is 489. The van der Waals surface area contributed by atoms with E-state index in [9.17, 15) is 8.42 Å². The summed E-state index contributed by atoms with van der Waals surface area (Å²) in [7, 11) is -3.50. The molecule has 2 heterocycles. The average molecular weight is 259 g/mol. The van der Waals surface area contributed by atoms with Gasteiger partial charge < -0.3 is 4.74 Å². The maximum absolute atomic E-state index is 12.2. The molecule has 2 N–H and O–H groups in total. The Hall–Kier alpha value is -0.920. The van der Waals surface area contributed by atoms with Gasteiger partial charge in [0.1, 0.15) is 4.90 Å². The third-order valence-corrected chi connectivity index (χ3v) is 4.80. The van der Waals surface area contributed by atoms with Crippen LogP contribution in [0.1, 0.15) is 25.5 Å². The first-order chi connectivity index (χ1) is 7.93. The van der Waals surface area contributed by atoms with Gasteiger partial charge in [-0.3, -0.25) is 5.10 Å². The van der Waals surface area contributed by atoms with Crippen LogP contribution in [0.3, 0.4) is 0 Å². The summed E-state index contributed by atoms with van der Waals surface area (Å²) < 4.78 is 32.3. The van der Waals surface area contributed by atoms with Crippen molar-refractivity contribution in [3.8, 4) is 0 Å². The molecule has 2 rings (SSSR count). The lowest BCUT2D eigenvalue weighted by Gasteiger charge is -2.33. The fourth-order valence-corrected chi connectivity index (χ4v) is 3.52. The second kappa shape index (κ2) is 4.40. The minimum absolute atomic E-state index is 0.213. The van der Waals surface area contributed by atoms with Crippen molar-refractivity contribution >= 4 is 10.0 Å². The van der Waals surface area contributed by atoms with E-state index in [1.807, 2.05) is 6.92 Å². The minimum Gasteiger partial charge on any atom is -0.381 e. The quantitative estimate of drug-likeness (QED) is 0.831. The molecule has 0 unspecified atom stereocenters. The predicted molar refractivity (Wildman–Crippen MR) is 62.1 cm³/mol. The van der Waals surface area contributed by atoms with E-state index in [2.05, 4.69) is 14.9 Å². The molecule has 0 aliphatic carbocycles. The van der Waals surface area contributed by atoms with E-state index in [0.29, 0.717) is 31.7 Å². The van der Waals surface area contributed by atoms with Crippen LogP contribution in [0, 0.1) is 6.92 Å². The Kier molecular flexibility index (Phi) is 3.24. The molecule has 1 saturated heterocycles. The Labute approximate surface area is 101 Å². The molecule has 0 aromatic carbocycles. The molecule has 7 heteroatoms. The third-order valence-electron chi connectivity index (χ3n) is 3.05. The molecule has 1 aromatic rings. The summed E-state index contributed by atoms with van der Waals surface area (Å²) in [5.41, 5.74) is 0.119. The van der Waals surface area contributed by atoms with E-state index in [4.69, 9.17) is 4.74 Å². The monoisotopic (exact) mass is 259 g/mol. The number of aromatic nitrogens is 2. The molecule has 0 atom stereocenters. The molecule has 0 spiro atoms. The Morgan fingerprint density at radius 1 is 1.47 bits per heavy atom. The predicted octanol–water partition coefficient (Wildman–Crippen LogP) is 0.566. The Morgan fingerprint density at radius 2 is 2.12 bits per heavy atom. The summed E-state index contributed by atoms with van der Waals surface area (Å²) in [6.07, 6.45) is 2.70. The van der Waals surface area contributed by atoms with Crippen molar-refractivity contribution in [2.24, 2.45) is 0 Å². The highest BCUT2D eigenvalue weighted by Crippen LogP contribution is 2.23. The molecule has 1 aromatic heterocycles. The van der Waals surface area contributed by atoms with Crippen molar-refractivity contribution in [1.29, 1.82) is 0 Å². The van der Waals surface area contributed by atoms with Crippen LogP contribution in [-0.2, 0) is 14.8 Å². The van der Waals surface area contributed by atoms with Gasteiger partial charge in [-0.15, -0.1) is 0 Å². The van der Waals surface area contributed by atoms with Crippen LogP contribution >= 0.6 is 0 Å². The molecule has 17 heavy (non-hydrogen) atoms. The number of sulfonamides is 1. The summed E-state index contributed by atoms with van der Waals surface area (Å²) >= 11 is 0. The first-order valence-electron chi connectivity index (χ1n) is 5.55. The van der Waals surface area contributed by atoms with Crippen LogP contribution < -0.4 is 4.72 Å². The van der Waals surface area contributed by atoms with E-state index in [0.717, 1.165) is 0 Å². The van der Waals surface area contributed by atoms with E-state index in [1.165, 1.54) is 6.20 Å². The van der Waals surface area contributed by atoms with Gasteiger partial charge in [0.25, 0.3) is 0 Å². The van der Waals surface area contributed by atoms with Gasteiger partial charge in [0.05, 0.1) is 11.9 Å². The van der Waals surface area contributed by atoms with Gasteiger partial charge in [-0.25, -0.2) is 13.1 Å². The van der Waals surface area contributed by atoms with Gasteiger partial charge in [0.15, 0.2) is 0 Å². The molecule has 0 bridgehead atoms. The number of hydrogen-bond acceptors (Lipinski definition) is 4. The SMILES string of the molecule is Cc1[nH]ncc1S(=O)(=O)NC1(C)CCOCC1. The smallest absolute Gasteiger partial charge is 0.244 e. The zero-order valence-electron chi connectivity index (χ0n) is 9.99. The van der Waals surface area contributed by atoms with E-state index in [-0.39, 0.29) is 4.90 Å². The fraction of sp³-hybridized carbons (Fsp3) is 0.700. The zero-order valence-corrected chi connectivity index (χ0v) is 10.8. The number of rotatable bonds is 3. The van der Waals surface area contributed by atoms with Crippen molar-refractivity contribution in [1.82, 2.24) is 14.9 Å². The van der Waals surface area contributed by atoms with Crippen molar-refractivity contribution in [3.63, 3.8) is 0 Å². The minimum atomic E-state index is -3.50. The summed E-state index contributed by atoms with van der Waals surface area (Å²) in [5.74, 6) is 0. The number of H-pyrrole nitrogens is 1. The molecule has 0 amide bonds. The molecule has 96 valence electrons. The van der Waals surface area contributed by atoms with Crippen molar-refractivity contribution in [2.45, 2.75) is 37.1 Å². The lowest BCUT2D eigenvalue weighted by atomic mass is 9.94. The standard InChI is InChI=1S/C10H17N3O3S/c1-8-9(7-11-12-8)17(14,15)13-10(2)3-5-16-6-4-10/h7,13H,3-6H2,1-2H3,(H,11,12). The maximum atomic E-state index is 12.2. The summed E-state index contributed by atoms with van der Waals surface area (Å²) in [6, 6.07) is 0. The van der Waals surface area contributed by atoms with Gasteiger partial charge in [-0.2, -0.15) is 5.10 Å².